The van der Waals surface area contributed by atoms with E-state index < -0.39 is 6.09 Å². The number of para-hydroxylation sites is 2. The van der Waals surface area contributed by atoms with Gasteiger partial charge in [-0.1, -0.05) is 66.7 Å². The molecule has 0 aromatic heterocycles. The lowest BCUT2D eigenvalue weighted by atomic mass is 9.89. The lowest BCUT2D eigenvalue weighted by Crippen LogP contribution is -2.26. The van der Waals surface area contributed by atoms with Gasteiger partial charge in [0.1, 0.15) is 18.1 Å². The van der Waals surface area contributed by atoms with E-state index in [1.165, 1.54) is 0 Å². The maximum absolute atomic E-state index is 12.1. The molecule has 0 bridgehead atoms. The Morgan fingerprint density at radius 2 is 1.42 bits per heavy atom. The Bertz CT molecular complexity index is 863. The van der Waals surface area contributed by atoms with E-state index in [1.54, 1.807) is 0 Å². The zero-order valence-corrected chi connectivity index (χ0v) is 14.2. The summed E-state index contributed by atoms with van der Waals surface area (Å²) < 4.78 is 11.5. The second kappa shape index (κ2) is 7.31. The first-order chi connectivity index (χ1) is 12.8. The van der Waals surface area contributed by atoms with Gasteiger partial charge in [0, 0.05) is 17.7 Å². The molecule has 0 spiro atoms. The fraction of sp³-hybridized carbons (Fsp3) is 0.136. The molecule has 1 aliphatic heterocycles. The summed E-state index contributed by atoms with van der Waals surface area (Å²) in [6, 6.07) is 25.5. The van der Waals surface area contributed by atoms with Crippen LogP contribution in [0.4, 0.5) is 4.79 Å². The lowest BCUT2D eigenvalue weighted by Gasteiger charge is -2.27. The molecule has 1 heterocycles. The van der Waals surface area contributed by atoms with Crippen LogP contribution in [0.1, 0.15) is 22.6 Å². The van der Waals surface area contributed by atoms with E-state index in [1.807, 2.05) is 78.9 Å². The zero-order valence-electron chi connectivity index (χ0n) is 14.2. The number of hydrogen-bond donors (Lipinski definition) is 1. The number of carbonyl (C=O) groups excluding carboxylic acids is 1. The quantitative estimate of drug-likeness (QED) is 0.735. The topological polar surface area (TPSA) is 47.6 Å². The molecule has 4 heteroatoms. The molecule has 4 rings (SSSR count). The minimum Gasteiger partial charge on any atom is -0.457 e. The summed E-state index contributed by atoms with van der Waals surface area (Å²) in [5, 5.41) is 2.79. The van der Waals surface area contributed by atoms with E-state index >= 15 is 0 Å². The van der Waals surface area contributed by atoms with Gasteiger partial charge in [0.25, 0.3) is 0 Å². The summed E-state index contributed by atoms with van der Waals surface area (Å²) in [7, 11) is 0. The van der Waals surface area contributed by atoms with Crippen molar-refractivity contribution in [3.8, 4) is 11.5 Å². The van der Waals surface area contributed by atoms with Gasteiger partial charge in [-0.05, 0) is 17.7 Å². The normalized spacial score (nSPS) is 12.5. The monoisotopic (exact) mass is 345 g/mol. The fourth-order valence-corrected chi connectivity index (χ4v) is 3.17. The molecule has 0 fully saturated rings. The number of benzene rings is 3. The average molecular weight is 345 g/mol. The van der Waals surface area contributed by atoms with E-state index in [9.17, 15) is 4.79 Å². The number of ether oxygens (including phenoxy) is 2. The van der Waals surface area contributed by atoms with Crippen molar-refractivity contribution in [3.63, 3.8) is 0 Å². The van der Waals surface area contributed by atoms with Crippen molar-refractivity contribution in [1.29, 1.82) is 0 Å². The van der Waals surface area contributed by atoms with Gasteiger partial charge < -0.3 is 14.8 Å². The van der Waals surface area contributed by atoms with Crippen molar-refractivity contribution in [3.05, 3.63) is 95.6 Å². The fourth-order valence-electron chi connectivity index (χ4n) is 3.17. The van der Waals surface area contributed by atoms with Crippen LogP contribution in [0.15, 0.2) is 78.9 Å². The van der Waals surface area contributed by atoms with Crippen molar-refractivity contribution in [2.75, 3.05) is 6.61 Å². The van der Waals surface area contributed by atoms with Crippen LogP contribution in [0.5, 0.6) is 11.5 Å². The third-order valence-electron chi connectivity index (χ3n) is 4.47. The third kappa shape index (κ3) is 3.40. The second-order valence-corrected chi connectivity index (χ2v) is 6.17. The van der Waals surface area contributed by atoms with Gasteiger partial charge in [-0.3, -0.25) is 0 Å². The van der Waals surface area contributed by atoms with Crippen LogP contribution < -0.4 is 10.1 Å². The highest BCUT2D eigenvalue weighted by Crippen LogP contribution is 2.43. The van der Waals surface area contributed by atoms with Crippen molar-refractivity contribution in [1.82, 2.24) is 5.32 Å². The van der Waals surface area contributed by atoms with Crippen LogP contribution in [-0.2, 0) is 11.3 Å². The minimum absolute atomic E-state index is 0.0429. The average Bonchev–Trinajstić information content (AvgIpc) is 2.70. The molecule has 0 radical (unpaired) electrons. The lowest BCUT2D eigenvalue weighted by molar-refractivity contribution is 0.141. The Morgan fingerprint density at radius 1 is 0.846 bits per heavy atom. The van der Waals surface area contributed by atoms with Gasteiger partial charge in [-0.2, -0.15) is 0 Å². The number of carbonyl (C=O) groups is 1. The molecule has 0 aliphatic carbocycles. The summed E-state index contributed by atoms with van der Waals surface area (Å²) in [5.41, 5.74) is 3.09. The Balaban J connectivity index is 1.45. The molecule has 0 atom stereocenters. The molecule has 1 N–H and O–H groups in total. The van der Waals surface area contributed by atoms with Gasteiger partial charge >= 0.3 is 6.09 Å². The summed E-state index contributed by atoms with van der Waals surface area (Å²) in [6.45, 7) is 0.707. The van der Waals surface area contributed by atoms with Crippen LogP contribution in [0.2, 0.25) is 0 Å². The van der Waals surface area contributed by atoms with E-state index in [4.69, 9.17) is 9.47 Å². The first kappa shape index (κ1) is 16.2. The molecule has 0 saturated heterocycles. The molecule has 3 aromatic carbocycles. The number of alkyl carbamates (subject to hydrolysis) is 1. The summed E-state index contributed by atoms with van der Waals surface area (Å²) in [5.74, 6) is 1.58. The van der Waals surface area contributed by atoms with Gasteiger partial charge in [0.2, 0.25) is 0 Å². The van der Waals surface area contributed by atoms with Crippen LogP contribution in [0.25, 0.3) is 0 Å². The molecule has 3 aromatic rings. The molecule has 26 heavy (non-hydrogen) atoms. The molecule has 130 valence electrons. The number of fused-ring (bicyclic) bond motifs is 2. The van der Waals surface area contributed by atoms with Crippen molar-refractivity contribution < 1.29 is 14.3 Å². The van der Waals surface area contributed by atoms with Gasteiger partial charge in [0.05, 0.1) is 5.92 Å². The van der Waals surface area contributed by atoms with E-state index in [2.05, 4.69) is 5.32 Å². The Morgan fingerprint density at radius 3 is 2.08 bits per heavy atom. The van der Waals surface area contributed by atoms with Crippen LogP contribution in [0.3, 0.4) is 0 Å². The third-order valence-corrected chi connectivity index (χ3v) is 4.47. The predicted octanol–water partition coefficient (Wildman–Crippen LogP) is 4.85. The SMILES string of the molecule is O=C(NCc1ccccc1)OCC1c2ccccc2Oc2ccccc21. The summed E-state index contributed by atoms with van der Waals surface area (Å²) >= 11 is 0. The molecule has 0 saturated carbocycles. The Labute approximate surface area is 152 Å². The Kier molecular flexibility index (Phi) is 4.56. The molecular formula is C22H19NO3. The second-order valence-electron chi connectivity index (χ2n) is 6.17. The maximum Gasteiger partial charge on any atom is 0.407 e. The molecule has 0 unspecified atom stereocenters. The van der Waals surface area contributed by atoms with E-state index in [0.29, 0.717) is 6.54 Å². The maximum atomic E-state index is 12.1. The number of rotatable bonds is 4. The van der Waals surface area contributed by atoms with Crippen LogP contribution >= 0.6 is 0 Å². The number of amides is 1. The standard InChI is InChI=1S/C22H19NO3/c24-22(23-14-16-8-2-1-3-9-16)25-15-19-17-10-4-6-12-20(17)26-21-13-7-5-11-18(19)21/h1-13,19H,14-15H2,(H,23,24). The van der Waals surface area contributed by atoms with Gasteiger partial charge in [-0.15, -0.1) is 0 Å². The highest BCUT2D eigenvalue weighted by Gasteiger charge is 2.27. The predicted molar refractivity (Wildman–Crippen MR) is 99.4 cm³/mol. The van der Waals surface area contributed by atoms with Crippen molar-refractivity contribution in [2.24, 2.45) is 0 Å². The van der Waals surface area contributed by atoms with E-state index in [-0.39, 0.29) is 12.5 Å². The van der Waals surface area contributed by atoms with E-state index in [0.717, 1.165) is 28.2 Å². The Hall–Kier alpha value is -3.27. The number of nitrogens with one attached hydrogen (secondary N) is 1. The highest BCUT2D eigenvalue weighted by atomic mass is 16.5. The molecule has 1 amide bonds. The van der Waals surface area contributed by atoms with Gasteiger partial charge in [0.15, 0.2) is 0 Å². The summed E-state index contributed by atoms with van der Waals surface area (Å²) in [6.07, 6.45) is -0.421. The molecular weight excluding hydrogens is 326 g/mol. The smallest absolute Gasteiger partial charge is 0.407 e. The zero-order chi connectivity index (χ0) is 17.8. The number of hydrogen-bond acceptors (Lipinski definition) is 3. The van der Waals surface area contributed by atoms with Crippen molar-refractivity contribution >= 4 is 6.09 Å². The first-order valence-electron chi connectivity index (χ1n) is 8.61. The molecule has 4 nitrogen and oxygen atoms in total. The van der Waals surface area contributed by atoms with Crippen molar-refractivity contribution in [2.45, 2.75) is 12.5 Å². The van der Waals surface area contributed by atoms with Gasteiger partial charge in [-0.25, -0.2) is 4.79 Å². The minimum atomic E-state index is -0.421. The largest absolute Gasteiger partial charge is 0.457 e. The van der Waals surface area contributed by atoms with Crippen LogP contribution in [-0.4, -0.2) is 12.7 Å². The highest BCUT2D eigenvalue weighted by molar-refractivity contribution is 5.67. The summed E-state index contributed by atoms with van der Waals surface area (Å²) in [4.78, 5) is 12.1. The van der Waals surface area contributed by atoms with Crippen LogP contribution in [0, 0.1) is 0 Å². The first-order valence-corrected chi connectivity index (χ1v) is 8.61. The molecule has 1 aliphatic rings.